The molecule has 0 aliphatic rings. The van der Waals surface area contributed by atoms with Crippen molar-refractivity contribution in [3.8, 4) is 5.75 Å². The van der Waals surface area contributed by atoms with Gasteiger partial charge in [0.1, 0.15) is 5.75 Å². The van der Waals surface area contributed by atoms with Crippen LogP contribution in [0, 0.1) is 0 Å². The van der Waals surface area contributed by atoms with E-state index in [2.05, 4.69) is 10.6 Å². The van der Waals surface area contributed by atoms with Crippen LogP contribution in [0.3, 0.4) is 0 Å². The summed E-state index contributed by atoms with van der Waals surface area (Å²) in [4.78, 5) is 10.9. The molecule has 1 rings (SSSR count). The number of aromatic hydroxyl groups is 1. The van der Waals surface area contributed by atoms with Crippen molar-refractivity contribution in [2.24, 2.45) is 0 Å². The number of benzene rings is 1. The normalized spacial score (nSPS) is 9.63. The van der Waals surface area contributed by atoms with Gasteiger partial charge in [0.25, 0.3) is 0 Å². The van der Waals surface area contributed by atoms with Crippen LogP contribution < -0.4 is 5.32 Å². The van der Waals surface area contributed by atoms with Crippen LogP contribution in [-0.4, -0.2) is 34.9 Å². The molecule has 1 aromatic rings. The van der Waals surface area contributed by atoms with Crippen molar-refractivity contribution < 1.29 is 39.6 Å². The topological polar surface area (TPSA) is 104 Å². The first-order valence-corrected chi connectivity index (χ1v) is 5.55. The molecule has 4 N–H and O–H groups in total. The van der Waals surface area contributed by atoms with E-state index in [0.717, 1.165) is 5.56 Å². The number of aliphatic hydroxyl groups excluding tert-OH is 2. The standard InChI is InChI=1S/C12H18N2O4.Rh/c1-13-12(18)14-3-2-8-4-9(6-15)11(17)10(5-8)7-16;/h4-5,15-16H,2-3,6-7H2,1H3,(H3,13,14,17,18);/p-1. The Morgan fingerprint density at radius 2 is 1.79 bits per heavy atom. The number of hydrogen-bond donors (Lipinski definition) is 4. The van der Waals surface area contributed by atoms with Gasteiger partial charge in [-0.1, -0.05) is 7.05 Å². The minimum Gasteiger partial charge on any atom is -0.507 e. The fourth-order valence-corrected chi connectivity index (χ4v) is 1.61. The zero-order chi connectivity index (χ0) is 13.5. The Balaban J connectivity index is 0.00000324. The molecule has 1 radical (unpaired) electrons. The summed E-state index contributed by atoms with van der Waals surface area (Å²) in [5, 5.41) is 33.8. The van der Waals surface area contributed by atoms with Crippen LogP contribution in [0.1, 0.15) is 16.7 Å². The maximum absolute atomic E-state index is 10.9. The molecule has 0 atom stereocenters. The minimum absolute atomic E-state index is 0. The Morgan fingerprint density at radius 3 is 2.21 bits per heavy atom. The van der Waals surface area contributed by atoms with Crippen molar-refractivity contribution in [3.63, 3.8) is 0 Å². The van der Waals surface area contributed by atoms with E-state index in [-0.39, 0.29) is 38.4 Å². The van der Waals surface area contributed by atoms with Crippen LogP contribution in [0.15, 0.2) is 12.1 Å². The van der Waals surface area contributed by atoms with Gasteiger partial charge >= 0.3 is 0 Å². The molecule has 19 heavy (non-hydrogen) atoms. The van der Waals surface area contributed by atoms with Gasteiger partial charge in [-0.2, -0.15) is 0 Å². The zero-order valence-corrected chi connectivity index (χ0v) is 12.2. The average Bonchev–Trinajstić information content (AvgIpc) is 2.39. The van der Waals surface area contributed by atoms with E-state index in [4.69, 9.17) is 10.2 Å². The number of nitrogens with one attached hydrogen (secondary N) is 1. The van der Waals surface area contributed by atoms with Crippen molar-refractivity contribution in [2.45, 2.75) is 19.6 Å². The van der Waals surface area contributed by atoms with Crippen LogP contribution in [0.25, 0.3) is 5.32 Å². The number of phenols is 1. The van der Waals surface area contributed by atoms with E-state index in [1.807, 2.05) is 0 Å². The average molecular weight is 356 g/mol. The number of hydrogen-bond acceptors (Lipinski definition) is 4. The minimum atomic E-state index is -0.390. The van der Waals surface area contributed by atoms with Gasteiger partial charge in [0.2, 0.25) is 0 Å². The number of urea groups is 1. The molecule has 109 valence electrons. The second kappa shape index (κ2) is 8.85. The molecule has 7 heteroatoms. The van der Waals surface area contributed by atoms with Crippen LogP contribution >= 0.6 is 0 Å². The number of carbonyl (C=O) groups excluding carboxylic acids is 1. The summed E-state index contributed by atoms with van der Waals surface area (Å²) < 4.78 is 0. The maximum atomic E-state index is 10.9. The molecule has 0 unspecified atom stereocenters. The van der Waals surface area contributed by atoms with Gasteiger partial charge in [-0.05, 0) is 30.7 Å². The number of rotatable bonds is 5. The molecular weight excluding hydrogens is 339 g/mol. The Bertz CT molecular complexity index is 401. The number of nitrogens with zero attached hydrogens (tertiary/aromatic N) is 1. The first-order chi connectivity index (χ1) is 8.62. The smallest absolute Gasteiger partial charge is 0.152 e. The summed E-state index contributed by atoms with van der Waals surface area (Å²) in [6, 6.07) is 2.89. The molecular formula is C12H17N2O4Rh-. The molecule has 0 aliphatic carbocycles. The quantitative estimate of drug-likeness (QED) is 0.581. The van der Waals surface area contributed by atoms with Gasteiger partial charge < -0.3 is 26.0 Å². The predicted octanol–water partition coefficient (Wildman–Crippen LogP) is 0.630. The first-order valence-electron chi connectivity index (χ1n) is 5.55. The molecule has 2 amide bonds. The van der Waals surface area contributed by atoms with Crippen molar-refractivity contribution in [1.29, 1.82) is 0 Å². The van der Waals surface area contributed by atoms with Crippen LogP contribution in [-0.2, 0) is 39.1 Å². The summed E-state index contributed by atoms with van der Waals surface area (Å²) in [5.74, 6) is -0.0867. The van der Waals surface area contributed by atoms with Gasteiger partial charge in [-0.15, -0.1) is 0 Å². The second-order valence-electron chi connectivity index (χ2n) is 3.78. The number of amides is 2. The van der Waals surface area contributed by atoms with E-state index < -0.39 is 6.03 Å². The summed E-state index contributed by atoms with van der Waals surface area (Å²) in [7, 11) is 1.41. The largest absolute Gasteiger partial charge is 0.507 e. The van der Waals surface area contributed by atoms with Gasteiger partial charge in [0.15, 0.2) is 6.03 Å². The molecule has 0 fully saturated rings. The molecule has 1 aromatic carbocycles. The fraction of sp³-hybridized carbons (Fsp3) is 0.417. The summed E-state index contributed by atoms with van der Waals surface area (Å²) in [6.45, 7) is -0.205. The molecule has 6 nitrogen and oxygen atoms in total. The number of aliphatic hydroxyl groups is 2. The van der Waals surface area contributed by atoms with Gasteiger partial charge in [0.05, 0.1) is 13.2 Å². The third-order valence-corrected chi connectivity index (χ3v) is 2.56. The van der Waals surface area contributed by atoms with E-state index in [0.29, 0.717) is 24.1 Å². The zero-order valence-electron chi connectivity index (χ0n) is 10.5. The van der Waals surface area contributed by atoms with Gasteiger partial charge in [-0.3, -0.25) is 4.79 Å². The van der Waals surface area contributed by atoms with Gasteiger partial charge in [-0.25, -0.2) is 0 Å². The van der Waals surface area contributed by atoms with Gasteiger partial charge in [0, 0.05) is 30.6 Å². The molecule has 0 aromatic heterocycles. The third-order valence-electron chi connectivity index (χ3n) is 2.56. The first kappa shape index (κ1) is 17.8. The summed E-state index contributed by atoms with van der Waals surface area (Å²) in [6.07, 6.45) is 0.529. The Hall–Kier alpha value is -1.17. The van der Waals surface area contributed by atoms with Crippen molar-refractivity contribution in [2.75, 3.05) is 13.6 Å². The van der Waals surface area contributed by atoms with Crippen LogP contribution in [0.2, 0.25) is 0 Å². The SMILES string of the molecule is C[N-]C(=O)NCCc1cc(CO)c(O)c(CO)c1.[Rh]. The molecule has 0 heterocycles. The molecule has 0 spiro atoms. The van der Waals surface area contributed by atoms with Crippen LogP contribution in [0.5, 0.6) is 5.75 Å². The van der Waals surface area contributed by atoms with Crippen molar-refractivity contribution in [3.05, 3.63) is 34.1 Å². The predicted molar refractivity (Wildman–Crippen MR) is 66.3 cm³/mol. The Kier molecular flexibility index (Phi) is 8.31. The Labute approximate surface area is 124 Å². The van der Waals surface area contributed by atoms with E-state index >= 15 is 0 Å². The van der Waals surface area contributed by atoms with Crippen molar-refractivity contribution in [1.82, 2.24) is 5.32 Å². The van der Waals surface area contributed by atoms with E-state index in [9.17, 15) is 9.90 Å². The third kappa shape index (κ3) is 5.14. The maximum Gasteiger partial charge on any atom is 0.152 e. The molecule has 0 bridgehead atoms. The molecule has 0 aliphatic heterocycles. The van der Waals surface area contributed by atoms with Crippen LogP contribution in [0.4, 0.5) is 4.79 Å². The molecule has 0 saturated heterocycles. The summed E-state index contributed by atoms with van der Waals surface area (Å²) >= 11 is 0. The van der Waals surface area contributed by atoms with Crippen molar-refractivity contribution >= 4 is 6.03 Å². The van der Waals surface area contributed by atoms with E-state index in [1.54, 1.807) is 12.1 Å². The second-order valence-corrected chi connectivity index (χ2v) is 3.78. The monoisotopic (exact) mass is 356 g/mol. The summed E-state index contributed by atoms with van der Waals surface area (Å²) in [5.41, 5.74) is 1.54. The number of carbonyl (C=O) groups is 1. The fourth-order valence-electron chi connectivity index (χ4n) is 1.61. The Morgan fingerprint density at radius 1 is 1.26 bits per heavy atom. The van der Waals surface area contributed by atoms with E-state index in [1.165, 1.54) is 7.05 Å². The molecule has 0 saturated carbocycles.